The molecule has 0 aliphatic heterocycles. The second kappa shape index (κ2) is 5.70. The zero-order valence-electron chi connectivity index (χ0n) is 8.09. The van der Waals surface area contributed by atoms with E-state index in [0.717, 1.165) is 12.3 Å². The van der Waals surface area contributed by atoms with E-state index in [1.807, 2.05) is 23.9 Å². The van der Waals surface area contributed by atoms with Crippen LogP contribution in [0.1, 0.15) is 13.3 Å². The van der Waals surface area contributed by atoms with E-state index in [2.05, 4.69) is 5.10 Å². The molecule has 14 heavy (non-hydrogen) atoms. The molecule has 0 amide bonds. The number of carboxylic acid groups (broad SMARTS) is 1. The van der Waals surface area contributed by atoms with E-state index >= 15 is 0 Å². The summed E-state index contributed by atoms with van der Waals surface area (Å²) in [6.07, 6.45) is 3.87. The van der Waals surface area contributed by atoms with E-state index < -0.39 is 5.97 Å². The van der Waals surface area contributed by atoms with E-state index in [1.165, 1.54) is 0 Å². The number of thioether (sulfide) groups is 1. The van der Waals surface area contributed by atoms with Gasteiger partial charge in [-0.2, -0.15) is 16.9 Å². The van der Waals surface area contributed by atoms with Gasteiger partial charge >= 0.3 is 5.97 Å². The second-order valence-electron chi connectivity index (χ2n) is 3.05. The third-order valence-electron chi connectivity index (χ3n) is 1.74. The Morgan fingerprint density at radius 3 is 3.07 bits per heavy atom. The van der Waals surface area contributed by atoms with Crippen molar-refractivity contribution in [2.45, 2.75) is 25.1 Å². The summed E-state index contributed by atoms with van der Waals surface area (Å²) in [5.41, 5.74) is 0. The van der Waals surface area contributed by atoms with Crippen LogP contribution in [0.3, 0.4) is 0 Å². The van der Waals surface area contributed by atoms with Gasteiger partial charge in [0.25, 0.3) is 0 Å². The molecular weight excluding hydrogens is 200 g/mol. The van der Waals surface area contributed by atoms with Gasteiger partial charge in [0.05, 0.1) is 6.42 Å². The Hall–Kier alpha value is -0.970. The molecule has 0 fully saturated rings. The Balaban J connectivity index is 2.12. The van der Waals surface area contributed by atoms with E-state index in [0.29, 0.717) is 0 Å². The topological polar surface area (TPSA) is 55.1 Å². The summed E-state index contributed by atoms with van der Waals surface area (Å²) in [6.45, 7) is 2.77. The number of nitrogens with zero attached hydrogens (tertiary/aromatic N) is 2. The smallest absolute Gasteiger partial charge is 0.304 e. The fraction of sp³-hybridized carbons (Fsp3) is 0.556. The van der Waals surface area contributed by atoms with Gasteiger partial charge in [0.2, 0.25) is 0 Å². The molecule has 1 heterocycles. The Bertz CT molecular complexity index is 274. The van der Waals surface area contributed by atoms with Crippen molar-refractivity contribution < 1.29 is 9.90 Å². The number of carbonyl (C=O) groups is 1. The molecule has 1 atom stereocenters. The van der Waals surface area contributed by atoms with Crippen molar-refractivity contribution in [3.8, 4) is 0 Å². The Morgan fingerprint density at radius 1 is 1.71 bits per heavy atom. The minimum absolute atomic E-state index is 0.170. The number of aliphatic carboxylic acids is 1. The van der Waals surface area contributed by atoms with E-state index in [4.69, 9.17) is 5.11 Å². The molecule has 1 aromatic rings. The van der Waals surface area contributed by atoms with Crippen LogP contribution in [-0.4, -0.2) is 31.9 Å². The first-order valence-corrected chi connectivity index (χ1v) is 5.54. The number of carboxylic acids is 1. The van der Waals surface area contributed by atoms with Gasteiger partial charge in [0.15, 0.2) is 0 Å². The molecule has 1 unspecified atom stereocenters. The standard InChI is InChI=1S/C9H14N2O2S/c1-8(7-9(12)13)14-6-5-11-4-2-3-10-11/h2-4,8H,5-7H2,1H3,(H,12,13). The summed E-state index contributed by atoms with van der Waals surface area (Å²) >= 11 is 1.66. The Morgan fingerprint density at radius 2 is 2.50 bits per heavy atom. The maximum absolute atomic E-state index is 10.4. The zero-order chi connectivity index (χ0) is 10.4. The molecule has 0 radical (unpaired) electrons. The van der Waals surface area contributed by atoms with Crippen LogP contribution >= 0.6 is 11.8 Å². The summed E-state index contributed by atoms with van der Waals surface area (Å²) in [7, 11) is 0. The highest BCUT2D eigenvalue weighted by atomic mass is 32.2. The molecule has 1 N–H and O–H groups in total. The molecule has 0 aliphatic rings. The third-order valence-corrected chi connectivity index (χ3v) is 2.90. The normalized spacial score (nSPS) is 12.6. The van der Waals surface area contributed by atoms with Crippen LogP contribution < -0.4 is 0 Å². The van der Waals surface area contributed by atoms with Crippen LogP contribution in [0.2, 0.25) is 0 Å². The van der Waals surface area contributed by atoms with Crippen molar-refractivity contribution in [3.05, 3.63) is 18.5 Å². The van der Waals surface area contributed by atoms with Gasteiger partial charge in [-0.25, -0.2) is 0 Å². The zero-order valence-corrected chi connectivity index (χ0v) is 8.91. The maximum Gasteiger partial charge on any atom is 0.304 e. The van der Waals surface area contributed by atoms with Crippen LogP contribution in [0.25, 0.3) is 0 Å². The van der Waals surface area contributed by atoms with Crippen molar-refractivity contribution in [1.82, 2.24) is 9.78 Å². The Kier molecular flexibility index (Phi) is 4.52. The van der Waals surface area contributed by atoms with Crippen molar-refractivity contribution in [2.24, 2.45) is 0 Å². The summed E-state index contributed by atoms with van der Waals surface area (Å²) in [6, 6.07) is 1.88. The van der Waals surface area contributed by atoms with Crippen LogP contribution in [0, 0.1) is 0 Å². The van der Waals surface area contributed by atoms with Gasteiger partial charge in [-0.3, -0.25) is 9.48 Å². The first-order chi connectivity index (χ1) is 6.68. The molecule has 0 saturated carbocycles. The van der Waals surface area contributed by atoms with Crippen molar-refractivity contribution in [2.75, 3.05) is 5.75 Å². The molecule has 0 saturated heterocycles. The second-order valence-corrected chi connectivity index (χ2v) is 4.59. The van der Waals surface area contributed by atoms with Gasteiger partial charge in [-0.1, -0.05) is 6.92 Å². The maximum atomic E-state index is 10.4. The third kappa shape index (κ3) is 4.32. The van der Waals surface area contributed by atoms with Crippen LogP contribution in [0.15, 0.2) is 18.5 Å². The fourth-order valence-corrected chi connectivity index (χ4v) is 2.04. The predicted octanol–water partition coefficient (Wildman–Crippen LogP) is 1.48. The van der Waals surface area contributed by atoms with E-state index in [1.54, 1.807) is 18.0 Å². The lowest BCUT2D eigenvalue weighted by Gasteiger charge is -2.07. The van der Waals surface area contributed by atoms with Gasteiger partial charge in [0.1, 0.15) is 0 Å². The average Bonchev–Trinajstić information content (AvgIpc) is 2.55. The van der Waals surface area contributed by atoms with Gasteiger partial charge in [-0.15, -0.1) is 0 Å². The number of hydrogen-bond acceptors (Lipinski definition) is 3. The lowest BCUT2D eigenvalue weighted by atomic mass is 10.3. The lowest BCUT2D eigenvalue weighted by molar-refractivity contribution is -0.136. The Labute approximate surface area is 87.3 Å². The average molecular weight is 214 g/mol. The first-order valence-electron chi connectivity index (χ1n) is 4.49. The highest BCUT2D eigenvalue weighted by molar-refractivity contribution is 7.99. The molecule has 1 aromatic heterocycles. The van der Waals surface area contributed by atoms with Crippen molar-refractivity contribution in [1.29, 1.82) is 0 Å². The summed E-state index contributed by atoms with van der Waals surface area (Å²) in [5, 5.41) is 12.8. The first kappa shape index (κ1) is 11.1. The molecule has 5 heteroatoms. The number of hydrogen-bond donors (Lipinski definition) is 1. The van der Waals surface area contributed by atoms with Crippen LogP contribution in [-0.2, 0) is 11.3 Å². The van der Waals surface area contributed by atoms with E-state index in [-0.39, 0.29) is 11.7 Å². The number of aryl methyl sites for hydroxylation is 1. The van der Waals surface area contributed by atoms with Crippen molar-refractivity contribution >= 4 is 17.7 Å². The molecule has 78 valence electrons. The largest absolute Gasteiger partial charge is 0.481 e. The minimum atomic E-state index is -0.732. The molecule has 0 bridgehead atoms. The van der Waals surface area contributed by atoms with Crippen LogP contribution in [0.4, 0.5) is 0 Å². The minimum Gasteiger partial charge on any atom is -0.481 e. The molecular formula is C9H14N2O2S. The van der Waals surface area contributed by atoms with E-state index in [9.17, 15) is 4.79 Å². The highest BCUT2D eigenvalue weighted by Gasteiger charge is 2.07. The molecule has 4 nitrogen and oxygen atoms in total. The van der Waals surface area contributed by atoms with Gasteiger partial charge in [-0.05, 0) is 6.07 Å². The van der Waals surface area contributed by atoms with Gasteiger partial charge < -0.3 is 5.11 Å². The number of aromatic nitrogens is 2. The SMILES string of the molecule is CC(CC(=O)O)SCCn1cccn1. The van der Waals surface area contributed by atoms with Crippen molar-refractivity contribution in [3.63, 3.8) is 0 Å². The number of rotatable bonds is 6. The molecule has 1 rings (SSSR count). The molecule has 0 aromatic carbocycles. The molecule has 0 aliphatic carbocycles. The lowest BCUT2D eigenvalue weighted by Crippen LogP contribution is -2.08. The summed E-state index contributed by atoms with van der Waals surface area (Å²) < 4.78 is 1.85. The highest BCUT2D eigenvalue weighted by Crippen LogP contribution is 2.13. The van der Waals surface area contributed by atoms with Crippen LogP contribution in [0.5, 0.6) is 0 Å². The fourth-order valence-electron chi connectivity index (χ4n) is 1.08. The summed E-state index contributed by atoms with van der Waals surface area (Å²) in [4.78, 5) is 10.4. The quantitative estimate of drug-likeness (QED) is 0.779. The predicted molar refractivity (Wildman–Crippen MR) is 56.4 cm³/mol. The monoisotopic (exact) mass is 214 g/mol. The molecule has 0 spiro atoms. The summed E-state index contributed by atoms with van der Waals surface area (Å²) in [5.74, 6) is 0.167. The van der Waals surface area contributed by atoms with Gasteiger partial charge in [0, 0.05) is 29.9 Å².